The molecule has 1 aromatic carbocycles. The van der Waals surface area contributed by atoms with E-state index < -0.39 is 0 Å². The summed E-state index contributed by atoms with van der Waals surface area (Å²) in [6.07, 6.45) is 1.94. The molecule has 0 aromatic heterocycles. The molecule has 1 aliphatic carbocycles. The number of hydrogen-bond acceptors (Lipinski definition) is 2. The van der Waals surface area contributed by atoms with Gasteiger partial charge in [-0.25, -0.2) is 0 Å². The van der Waals surface area contributed by atoms with Crippen molar-refractivity contribution in [2.45, 2.75) is 25.9 Å². The van der Waals surface area contributed by atoms with Crippen molar-refractivity contribution in [1.29, 1.82) is 0 Å². The van der Waals surface area contributed by atoms with Gasteiger partial charge in [-0.3, -0.25) is 4.79 Å². The smallest absolute Gasteiger partial charge is 0.191 e. The average molecular weight is 239 g/mol. The van der Waals surface area contributed by atoms with E-state index in [1.165, 1.54) is 0 Å². The molecule has 1 aliphatic rings. The predicted octanol–water partition coefficient (Wildman–Crippen LogP) is 3.34. The zero-order valence-electron chi connectivity index (χ0n) is 9.28. The number of carbonyl (C=O) groups is 1. The highest BCUT2D eigenvalue weighted by Crippen LogP contribution is 2.35. The zero-order chi connectivity index (χ0) is 11.5. The van der Waals surface area contributed by atoms with Gasteiger partial charge in [0.25, 0.3) is 0 Å². The lowest BCUT2D eigenvalue weighted by atomic mass is 10.0. The van der Waals surface area contributed by atoms with Gasteiger partial charge in [0.15, 0.2) is 5.78 Å². The standard InChI is InChI=1S/C13H15ClO2/c1-2-16-13(10-3-4-10)12(15)9-5-7-11(14)8-6-9/h5-8,10,13H,2-4H2,1H3. The van der Waals surface area contributed by atoms with Gasteiger partial charge in [-0.05, 0) is 49.9 Å². The molecule has 1 saturated carbocycles. The van der Waals surface area contributed by atoms with Crippen molar-refractivity contribution in [2.24, 2.45) is 5.92 Å². The van der Waals surface area contributed by atoms with Crippen LogP contribution in [0.5, 0.6) is 0 Å². The van der Waals surface area contributed by atoms with Crippen LogP contribution in [0.1, 0.15) is 30.1 Å². The van der Waals surface area contributed by atoms with E-state index in [1.807, 2.05) is 6.92 Å². The Morgan fingerprint density at radius 1 is 1.44 bits per heavy atom. The Kier molecular flexibility index (Phi) is 3.62. The Labute approximate surface area is 101 Å². The number of benzene rings is 1. The normalized spacial score (nSPS) is 17.1. The Balaban J connectivity index is 2.12. The average Bonchev–Trinajstić information content (AvgIpc) is 3.10. The molecule has 2 nitrogen and oxygen atoms in total. The lowest BCUT2D eigenvalue weighted by Gasteiger charge is -2.14. The van der Waals surface area contributed by atoms with Gasteiger partial charge >= 0.3 is 0 Å². The van der Waals surface area contributed by atoms with Gasteiger partial charge in [0.1, 0.15) is 6.10 Å². The van der Waals surface area contributed by atoms with Crippen LogP contribution in [-0.2, 0) is 4.74 Å². The van der Waals surface area contributed by atoms with Gasteiger partial charge in [0, 0.05) is 17.2 Å². The fourth-order valence-corrected chi connectivity index (χ4v) is 1.91. The van der Waals surface area contributed by atoms with E-state index >= 15 is 0 Å². The van der Waals surface area contributed by atoms with E-state index in [1.54, 1.807) is 24.3 Å². The summed E-state index contributed by atoms with van der Waals surface area (Å²) in [4.78, 5) is 12.2. The maximum Gasteiger partial charge on any atom is 0.191 e. The van der Waals surface area contributed by atoms with Crippen molar-refractivity contribution in [3.05, 3.63) is 34.9 Å². The summed E-state index contributed by atoms with van der Waals surface area (Å²) in [5.74, 6) is 0.504. The summed E-state index contributed by atoms with van der Waals surface area (Å²) in [6, 6.07) is 7.01. The quantitative estimate of drug-likeness (QED) is 0.736. The molecule has 16 heavy (non-hydrogen) atoms. The SMILES string of the molecule is CCOC(C(=O)c1ccc(Cl)cc1)C1CC1. The van der Waals surface area contributed by atoms with Gasteiger partial charge in [0.05, 0.1) is 0 Å². The maximum absolute atomic E-state index is 12.2. The van der Waals surface area contributed by atoms with Crippen molar-refractivity contribution >= 4 is 17.4 Å². The summed E-state index contributed by atoms with van der Waals surface area (Å²) in [5, 5.41) is 0.649. The van der Waals surface area contributed by atoms with Crippen LogP contribution in [0.2, 0.25) is 5.02 Å². The number of halogens is 1. The van der Waals surface area contributed by atoms with Gasteiger partial charge in [-0.15, -0.1) is 0 Å². The Bertz CT molecular complexity index is 368. The summed E-state index contributed by atoms with van der Waals surface area (Å²) in [5.41, 5.74) is 0.690. The topological polar surface area (TPSA) is 26.3 Å². The van der Waals surface area contributed by atoms with Crippen LogP contribution >= 0.6 is 11.6 Å². The molecule has 1 unspecified atom stereocenters. The van der Waals surface area contributed by atoms with E-state index in [0.717, 1.165) is 12.8 Å². The van der Waals surface area contributed by atoms with Crippen LogP contribution in [0.15, 0.2) is 24.3 Å². The molecule has 0 amide bonds. The van der Waals surface area contributed by atoms with E-state index in [4.69, 9.17) is 16.3 Å². The molecule has 1 atom stereocenters. The van der Waals surface area contributed by atoms with E-state index in [9.17, 15) is 4.79 Å². The van der Waals surface area contributed by atoms with Gasteiger partial charge < -0.3 is 4.74 Å². The lowest BCUT2D eigenvalue weighted by molar-refractivity contribution is 0.0374. The molecular formula is C13H15ClO2. The third-order valence-corrected chi connectivity index (χ3v) is 3.04. The van der Waals surface area contributed by atoms with Crippen LogP contribution in [0.4, 0.5) is 0 Å². The molecule has 86 valence electrons. The highest BCUT2D eigenvalue weighted by Gasteiger charge is 2.37. The summed E-state index contributed by atoms with van der Waals surface area (Å²) in [6.45, 7) is 2.50. The number of rotatable bonds is 5. The van der Waals surface area contributed by atoms with Gasteiger partial charge in [-0.1, -0.05) is 11.6 Å². The second kappa shape index (κ2) is 4.98. The first-order valence-corrected chi connectivity index (χ1v) is 6.01. The van der Waals surface area contributed by atoms with Crippen molar-refractivity contribution in [3.8, 4) is 0 Å². The third-order valence-electron chi connectivity index (χ3n) is 2.78. The van der Waals surface area contributed by atoms with Crippen LogP contribution in [0.25, 0.3) is 0 Å². The molecule has 0 spiro atoms. The molecule has 0 radical (unpaired) electrons. The minimum absolute atomic E-state index is 0.0843. The predicted molar refractivity (Wildman–Crippen MR) is 63.9 cm³/mol. The monoisotopic (exact) mass is 238 g/mol. The molecule has 1 fully saturated rings. The Hall–Kier alpha value is -0.860. The minimum Gasteiger partial charge on any atom is -0.370 e. The number of hydrogen-bond donors (Lipinski definition) is 0. The van der Waals surface area contributed by atoms with E-state index in [-0.39, 0.29) is 11.9 Å². The van der Waals surface area contributed by atoms with Crippen molar-refractivity contribution in [2.75, 3.05) is 6.61 Å². The molecule has 0 heterocycles. The Morgan fingerprint density at radius 3 is 2.56 bits per heavy atom. The molecule has 3 heteroatoms. The highest BCUT2D eigenvalue weighted by molar-refractivity contribution is 6.30. The molecule has 0 saturated heterocycles. The maximum atomic E-state index is 12.2. The third kappa shape index (κ3) is 2.63. The highest BCUT2D eigenvalue weighted by atomic mass is 35.5. The van der Waals surface area contributed by atoms with Gasteiger partial charge in [-0.2, -0.15) is 0 Å². The largest absolute Gasteiger partial charge is 0.370 e. The zero-order valence-corrected chi connectivity index (χ0v) is 10.0. The molecule has 1 aromatic rings. The van der Waals surface area contributed by atoms with Crippen LogP contribution in [0.3, 0.4) is 0 Å². The minimum atomic E-state index is -0.258. The van der Waals surface area contributed by atoms with Gasteiger partial charge in [0.2, 0.25) is 0 Å². The summed E-state index contributed by atoms with van der Waals surface area (Å²) < 4.78 is 5.53. The number of ether oxygens (including phenoxy) is 1. The Morgan fingerprint density at radius 2 is 2.06 bits per heavy atom. The fraction of sp³-hybridized carbons (Fsp3) is 0.462. The fourth-order valence-electron chi connectivity index (χ4n) is 1.78. The number of Topliss-reactive ketones (excluding diaryl/α,β-unsaturated/α-hetero) is 1. The van der Waals surface area contributed by atoms with Crippen molar-refractivity contribution < 1.29 is 9.53 Å². The van der Waals surface area contributed by atoms with Crippen molar-refractivity contribution in [3.63, 3.8) is 0 Å². The van der Waals surface area contributed by atoms with Crippen molar-refractivity contribution in [1.82, 2.24) is 0 Å². The van der Waals surface area contributed by atoms with Crippen LogP contribution in [-0.4, -0.2) is 18.5 Å². The van der Waals surface area contributed by atoms with Crippen LogP contribution < -0.4 is 0 Å². The molecule has 0 N–H and O–H groups in total. The molecule has 0 aliphatic heterocycles. The second-order valence-corrected chi connectivity index (χ2v) is 4.52. The van der Waals surface area contributed by atoms with Crippen LogP contribution in [0, 0.1) is 5.92 Å². The lowest BCUT2D eigenvalue weighted by Crippen LogP contribution is -2.26. The second-order valence-electron chi connectivity index (χ2n) is 4.08. The first kappa shape index (κ1) is 11.6. The van der Waals surface area contributed by atoms with E-state index in [2.05, 4.69) is 0 Å². The summed E-state index contributed by atoms with van der Waals surface area (Å²) in [7, 11) is 0. The first-order valence-electron chi connectivity index (χ1n) is 5.63. The molecular weight excluding hydrogens is 224 g/mol. The van der Waals surface area contributed by atoms with E-state index in [0.29, 0.717) is 23.1 Å². The first-order chi connectivity index (χ1) is 7.72. The number of ketones is 1. The summed E-state index contributed by atoms with van der Waals surface area (Å²) >= 11 is 5.79. The number of carbonyl (C=O) groups excluding carboxylic acids is 1. The molecule has 2 rings (SSSR count). The molecule has 0 bridgehead atoms.